The number of carbonyl (C=O) groups excluding carboxylic acids is 2. The van der Waals surface area contributed by atoms with Crippen LogP contribution in [-0.2, 0) is 14.3 Å². The molecule has 0 unspecified atom stereocenters. The second kappa shape index (κ2) is 8.85. The molecule has 2 aromatic rings. The Hall–Kier alpha value is -2.08. The third-order valence-corrected chi connectivity index (χ3v) is 4.18. The molecule has 8 heteroatoms. The molecule has 2 rings (SSSR count). The summed E-state index contributed by atoms with van der Waals surface area (Å²) in [5.74, 6) is -1.07. The Morgan fingerprint density at radius 1 is 1.20 bits per heavy atom. The lowest BCUT2D eigenvalue weighted by Gasteiger charge is -2.09. The summed E-state index contributed by atoms with van der Waals surface area (Å²) in [4.78, 5) is 27.4. The maximum absolute atomic E-state index is 11.8. The molecule has 0 bridgehead atoms. The van der Waals surface area contributed by atoms with E-state index in [0.717, 1.165) is 5.56 Å². The van der Waals surface area contributed by atoms with Crippen LogP contribution < -0.4 is 5.32 Å². The number of hydrogen-bond acceptors (Lipinski definition) is 4. The highest BCUT2D eigenvalue weighted by atomic mass is 35.5. The molecule has 0 aliphatic carbocycles. The number of nitrogens with zero attached hydrogens (tertiary/aromatic N) is 1. The van der Waals surface area contributed by atoms with Crippen LogP contribution in [0.3, 0.4) is 0 Å². The van der Waals surface area contributed by atoms with Gasteiger partial charge < -0.3 is 10.1 Å². The molecule has 25 heavy (non-hydrogen) atoms. The van der Waals surface area contributed by atoms with E-state index < -0.39 is 18.5 Å². The van der Waals surface area contributed by atoms with E-state index in [4.69, 9.17) is 39.5 Å². The number of aromatic nitrogens is 1. The van der Waals surface area contributed by atoms with Crippen molar-refractivity contribution in [3.05, 3.63) is 62.7 Å². The van der Waals surface area contributed by atoms with E-state index in [1.807, 2.05) is 0 Å². The van der Waals surface area contributed by atoms with Gasteiger partial charge in [-0.2, -0.15) is 0 Å². The molecule has 1 heterocycles. The third kappa shape index (κ3) is 5.74. The van der Waals surface area contributed by atoms with Gasteiger partial charge in [-0.05, 0) is 36.3 Å². The van der Waals surface area contributed by atoms with E-state index >= 15 is 0 Å². The first-order valence-electron chi connectivity index (χ1n) is 7.07. The zero-order valence-corrected chi connectivity index (χ0v) is 15.3. The van der Waals surface area contributed by atoms with Crippen LogP contribution in [0.1, 0.15) is 11.1 Å². The van der Waals surface area contributed by atoms with Gasteiger partial charge in [0.25, 0.3) is 5.91 Å². The van der Waals surface area contributed by atoms with Crippen molar-refractivity contribution in [1.29, 1.82) is 0 Å². The number of halogens is 3. The van der Waals surface area contributed by atoms with Gasteiger partial charge in [0.15, 0.2) is 12.4 Å². The third-order valence-electron chi connectivity index (χ3n) is 3.09. The summed E-state index contributed by atoms with van der Waals surface area (Å²) in [7, 11) is 0. The molecule has 0 radical (unpaired) electrons. The Morgan fingerprint density at radius 3 is 2.56 bits per heavy atom. The Bertz CT molecular complexity index is 821. The average molecular weight is 400 g/mol. The zero-order valence-electron chi connectivity index (χ0n) is 13.1. The molecule has 1 amide bonds. The number of ether oxygens (including phenoxy) is 1. The summed E-state index contributed by atoms with van der Waals surface area (Å²) >= 11 is 17.7. The number of rotatable bonds is 5. The number of anilines is 1. The monoisotopic (exact) mass is 398 g/mol. The van der Waals surface area contributed by atoms with Crippen LogP contribution in [-0.4, -0.2) is 23.5 Å². The molecule has 0 spiro atoms. The van der Waals surface area contributed by atoms with Gasteiger partial charge in [-0.3, -0.25) is 4.79 Å². The fourth-order valence-electron chi connectivity index (χ4n) is 1.74. The molecule has 0 saturated carbocycles. The Balaban J connectivity index is 1.86. The quantitative estimate of drug-likeness (QED) is 0.592. The lowest BCUT2D eigenvalue weighted by molar-refractivity contribution is -0.142. The molecular formula is C17H13Cl3N2O3. The van der Waals surface area contributed by atoms with Crippen LogP contribution in [0.4, 0.5) is 5.82 Å². The van der Waals surface area contributed by atoms with Crippen molar-refractivity contribution in [2.24, 2.45) is 0 Å². The van der Waals surface area contributed by atoms with Gasteiger partial charge in [0.2, 0.25) is 0 Å². The lowest BCUT2D eigenvalue weighted by atomic mass is 10.2. The summed E-state index contributed by atoms with van der Waals surface area (Å²) in [6.07, 6.45) is 4.14. The molecule has 130 valence electrons. The molecule has 0 atom stereocenters. The Labute approximate surface area is 159 Å². The first-order valence-corrected chi connectivity index (χ1v) is 8.21. The molecular weight excluding hydrogens is 387 g/mol. The van der Waals surface area contributed by atoms with Gasteiger partial charge in [0.1, 0.15) is 0 Å². The van der Waals surface area contributed by atoms with Crippen molar-refractivity contribution in [2.75, 3.05) is 11.9 Å². The highest BCUT2D eigenvalue weighted by molar-refractivity contribution is 6.37. The Morgan fingerprint density at radius 2 is 1.88 bits per heavy atom. The van der Waals surface area contributed by atoms with E-state index in [0.29, 0.717) is 15.6 Å². The van der Waals surface area contributed by atoms with Crippen LogP contribution in [0.2, 0.25) is 15.1 Å². The summed E-state index contributed by atoms with van der Waals surface area (Å²) in [6.45, 7) is 1.23. The largest absolute Gasteiger partial charge is 0.452 e. The normalized spacial score (nSPS) is 10.7. The van der Waals surface area contributed by atoms with Gasteiger partial charge in [-0.15, -0.1) is 0 Å². The van der Waals surface area contributed by atoms with E-state index in [-0.39, 0.29) is 10.8 Å². The van der Waals surface area contributed by atoms with Gasteiger partial charge in [0, 0.05) is 17.3 Å². The maximum atomic E-state index is 11.8. The van der Waals surface area contributed by atoms with Crippen LogP contribution in [0.15, 0.2) is 36.5 Å². The van der Waals surface area contributed by atoms with E-state index in [9.17, 15) is 9.59 Å². The molecule has 1 aromatic carbocycles. The predicted molar refractivity (Wildman–Crippen MR) is 99.1 cm³/mol. The van der Waals surface area contributed by atoms with Crippen molar-refractivity contribution in [2.45, 2.75) is 6.92 Å². The van der Waals surface area contributed by atoms with Crippen molar-refractivity contribution in [3.63, 3.8) is 0 Å². The average Bonchev–Trinajstić information content (AvgIpc) is 2.60. The first kappa shape index (κ1) is 19.2. The number of hydrogen-bond donors (Lipinski definition) is 1. The fraction of sp³-hybridized carbons (Fsp3) is 0.118. The standard InChI is InChI=1S/C17H13Cl3N2O3/c1-10-13(19)8-21-17(16(10)20)22-14(23)9-25-15(24)7-4-11-2-5-12(18)6-3-11/h2-8H,9H2,1H3,(H,21,22,23)/b7-4+. The first-order chi connectivity index (χ1) is 11.9. The number of benzene rings is 1. The highest BCUT2D eigenvalue weighted by Gasteiger charge is 2.12. The van der Waals surface area contributed by atoms with Crippen LogP contribution in [0.25, 0.3) is 6.08 Å². The minimum Gasteiger partial charge on any atom is -0.452 e. The summed E-state index contributed by atoms with van der Waals surface area (Å²) in [6, 6.07) is 6.89. The smallest absolute Gasteiger partial charge is 0.331 e. The van der Waals surface area contributed by atoms with E-state index in [1.54, 1.807) is 37.3 Å². The molecule has 1 N–H and O–H groups in total. The molecule has 0 saturated heterocycles. The Kier molecular flexibility index (Phi) is 6.82. The van der Waals surface area contributed by atoms with E-state index in [1.165, 1.54) is 12.3 Å². The molecule has 0 aliphatic rings. The number of esters is 1. The summed E-state index contributed by atoms with van der Waals surface area (Å²) < 4.78 is 4.85. The predicted octanol–water partition coefficient (Wildman–Crippen LogP) is 4.55. The molecule has 5 nitrogen and oxygen atoms in total. The molecule has 1 aromatic heterocycles. The topological polar surface area (TPSA) is 68.3 Å². The summed E-state index contributed by atoms with van der Waals surface area (Å²) in [5.41, 5.74) is 1.37. The van der Waals surface area contributed by atoms with Crippen LogP contribution in [0, 0.1) is 6.92 Å². The van der Waals surface area contributed by atoms with Crippen LogP contribution >= 0.6 is 34.8 Å². The van der Waals surface area contributed by atoms with Crippen molar-refractivity contribution in [3.8, 4) is 0 Å². The molecule has 0 fully saturated rings. The van der Waals surface area contributed by atoms with Gasteiger partial charge in [0.05, 0.1) is 10.0 Å². The van der Waals surface area contributed by atoms with Crippen molar-refractivity contribution < 1.29 is 14.3 Å². The number of pyridine rings is 1. The van der Waals surface area contributed by atoms with E-state index in [2.05, 4.69) is 10.3 Å². The second-order valence-corrected chi connectivity index (χ2v) is 6.16. The zero-order chi connectivity index (χ0) is 18.4. The van der Waals surface area contributed by atoms with Crippen LogP contribution in [0.5, 0.6) is 0 Å². The van der Waals surface area contributed by atoms with Gasteiger partial charge in [-0.1, -0.05) is 46.9 Å². The number of nitrogens with one attached hydrogen (secondary N) is 1. The molecule has 0 aliphatic heterocycles. The SMILES string of the molecule is Cc1c(Cl)cnc(NC(=O)COC(=O)/C=C/c2ccc(Cl)cc2)c1Cl. The maximum Gasteiger partial charge on any atom is 0.331 e. The minimum absolute atomic E-state index is 0.154. The van der Waals surface area contributed by atoms with Crippen molar-refractivity contribution >= 4 is 58.6 Å². The van der Waals surface area contributed by atoms with Gasteiger partial charge in [-0.25, -0.2) is 9.78 Å². The van der Waals surface area contributed by atoms with Gasteiger partial charge >= 0.3 is 5.97 Å². The fourth-order valence-corrected chi connectivity index (χ4v) is 2.25. The highest BCUT2D eigenvalue weighted by Crippen LogP contribution is 2.28. The summed E-state index contributed by atoms with van der Waals surface area (Å²) in [5, 5.41) is 3.68. The lowest BCUT2D eigenvalue weighted by Crippen LogP contribution is -2.21. The number of amides is 1. The minimum atomic E-state index is -0.656. The second-order valence-electron chi connectivity index (χ2n) is 4.93. The number of carbonyl (C=O) groups is 2. The van der Waals surface area contributed by atoms with Crippen molar-refractivity contribution in [1.82, 2.24) is 4.98 Å².